The fourth-order valence-electron chi connectivity index (χ4n) is 2.83. The van der Waals surface area contributed by atoms with E-state index in [2.05, 4.69) is 46.8 Å². The molecule has 0 saturated carbocycles. The number of benzene rings is 1. The molecular weight excluding hydrogens is 266 g/mol. The molecule has 1 aromatic heterocycles. The van der Waals surface area contributed by atoms with E-state index in [4.69, 9.17) is 4.98 Å². The van der Waals surface area contributed by atoms with Gasteiger partial charge in [0.05, 0.1) is 12.2 Å². The lowest BCUT2D eigenvalue weighted by atomic mass is 9.96. The summed E-state index contributed by atoms with van der Waals surface area (Å²) in [5, 5.41) is 6.52. The maximum atomic E-state index is 4.72. The lowest BCUT2D eigenvalue weighted by molar-refractivity contribution is 0.557. The number of fused-ring (bicyclic) bond motifs is 1. The topological polar surface area (TPSA) is 28.2 Å². The Morgan fingerprint density at radius 1 is 1.40 bits per heavy atom. The molecule has 2 aromatic rings. The highest BCUT2D eigenvalue weighted by Gasteiger charge is 2.23. The van der Waals surface area contributed by atoms with Crippen LogP contribution in [0, 0.1) is 0 Å². The first-order chi connectivity index (χ1) is 9.78. The number of aromatic nitrogens is 1. The third kappa shape index (κ3) is 2.72. The molecule has 0 aliphatic carbocycles. The molecule has 0 spiro atoms. The predicted molar refractivity (Wildman–Crippen MR) is 85.3 cm³/mol. The van der Waals surface area contributed by atoms with Crippen LogP contribution >= 0.6 is 11.3 Å². The minimum absolute atomic E-state index is 0.583. The third-order valence-corrected chi connectivity index (χ3v) is 4.82. The van der Waals surface area contributed by atoms with Crippen LogP contribution in [0.25, 0.3) is 0 Å². The molecule has 3 rings (SSSR count). The van der Waals surface area contributed by atoms with Crippen molar-refractivity contribution in [1.82, 2.24) is 10.3 Å². The minimum Gasteiger partial charge on any atom is -0.363 e. The summed E-state index contributed by atoms with van der Waals surface area (Å²) in [6.45, 7) is 4.09. The van der Waals surface area contributed by atoms with E-state index in [0.29, 0.717) is 6.04 Å². The normalized spacial score (nSPS) is 18.1. The highest BCUT2D eigenvalue weighted by atomic mass is 32.1. The minimum atomic E-state index is 0.583. The van der Waals surface area contributed by atoms with Crippen molar-refractivity contribution in [2.75, 3.05) is 11.9 Å². The molecule has 0 amide bonds. The maximum Gasteiger partial charge on any atom is 0.107 e. The van der Waals surface area contributed by atoms with Crippen molar-refractivity contribution in [3.63, 3.8) is 0 Å². The van der Waals surface area contributed by atoms with Crippen molar-refractivity contribution in [2.24, 2.45) is 0 Å². The molecule has 1 aliphatic heterocycles. The van der Waals surface area contributed by atoms with Crippen LogP contribution in [0.5, 0.6) is 0 Å². The van der Waals surface area contributed by atoms with Gasteiger partial charge in [0.2, 0.25) is 0 Å². The maximum absolute atomic E-state index is 4.72. The summed E-state index contributed by atoms with van der Waals surface area (Å²) in [6.07, 6.45) is 2.42. The molecular formula is C16H21N3S. The van der Waals surface area contributed by atoms with Crippen molar-refractivity contribution in [3.8, 4) is 0 Å². The number of aryl methyl sites for hydroxylation is 1. The predicted octanol–water partition coefficient (Wildman–Crippen LogP) is 3.20. The average molecular weight is 287 g/mol. The average Bonchev–Trinajstić information content (AvgIpc) is 2.90. The monoisotopic (exact) mass is 287 g/mol. The Labute approximate surface area is 124 Å². The zero-order chi connectivity index (χ0) is 13.9. The van der Waals surface area contributed by atoms with Gasteiger partial charge in [0.15, 0.2) is 0 Å². The first-order valence-corrected chi connectivity index (χ1v) is 8.08. The van der Waals surface area contributed by atoms with Crippen LogP contribution in [0.15, 0.2) is 29.6 Å². The summed E-state index contributed by atoms with van der Waals surface area (Å²) in [6, 6.07) is 9.35. The summed E-state index contributed by atoms with van der Waals surface area (Å²) in [4.78, 5) is 7.21. The Hall–Kier alpha value is -1.39. The highest BCUT2D eigenvalue weighted by Crippen LogP contribution is 2.31. The fraction of sp³-hybridized carbons (Fsp3) is 0.438. The molecule has 4 heteroatoms. The molecule has 1 unspecified atom stereocenters. The van der Waals surface area contributed by atoms with Crippen LogP contribution in [0.4, 0.5) is 5.69 Å². The van der Waals surface area contributed by atoms with Gasteiger partial charge >= 0.3 is 0 Å². The molecule has 1 N–H and O–H groups in total. The Morgan fingerprint density at radius 3 is 3.10 bits per heavy atom. The number of nitrogens with zero attached hydrogens (tertiary/aromatic N) is 2. The zero-order valence-corrected chi connectivity index (χ0v) is 12.9. The summed E-state index contributed by atoms with van der Waals surface area (Å²) >= 11 is 1.74. The Balaban J connectivity index is 1.82. The van der Waals surface area contributed by atoms with Gasteiger partial charge in [-0.2, -0.15) is 0 Å². The van der Waals surface area contributed by atoms with Crippen LogP contribution in [0.3, 0.4) is 0 Å². The lowest BCUT2D eigenvalue weighted by Gasteiger charge is -2.36. The van der Waals surface area contributed by atoms with Gasteiger partial charge in [0.25, 0.3) is 0 Å². The highest BCUT2D eigenvalue weighted by molar-refractivity contribution is 7.09. The number of rotatable bonds is 4. The molecule has 3 nitrogen and oxygen atoms in total. The molecule has 1 aromatic carbocycles. The quantitative estimate of drug-likeness (QED) is 0.936. The van der Waals surface area contributed by atoms with Crippen LogP contribution in [-0.2, 0) is 19.5 Å². The van der Waals surface area contributed by atoms with E-state index >= 15 is 0 Å². The van der Waals surface area contributed by atoms with Gasteiger partial charge in [-0.1, -0.05) is 18.2 Å². The first-order valence-electron chi connectivity index (χ1n) is 7.20. The molecule has 0 saturated heterocycles. The van der Waals surface area contributed by atoms with E-state index in [0.717, 1.165) is 13.1 Å². The second-order valence-corrected chi connectivity index (χ2v) is 6.35. The van der Waals surface area contributed by atoms with Crippen LogP contribution < -0.4 is 10.2 Å². The Bertz CT molecular complexity index is 579. The van der Waals surface area contributed by atoms with Gasteiger partial charge in [-0.3, -0.25) is 0 Å². The van der Waals surface area contributed by atoms with E-state index in [-0.39, 0.29) is 0 Å². The van der Waals surface area contributed by atoms with Crippen molar-refractivity contribution in [3.05, 3.63) is 45.9 Å². The van der Waals surface area contributed by atoms with E-state index in [1.165, 1.54) is 34.8 Å². The molecule has 106 valence electrons. The fourth-order valence-corrected chi connectivity index (χ4v) is 3.63. The van der Waals surface area contributed by atoms with E-state index < -0.39 is 0 Å². The zero-order valence-electron chi connectivity index (χ0n) is 12.1. The van der Waals surface area contributed by atoms with E-state index in [1.54, 1.807) is 11.3 Å². The van der Waals surface area contributed by atoms with Crippen LogP contribution in [0.2, 0.25) is 0 Å². The number of hydrogen-bond acceptors (Lipinski definition) is 4. The number of anilines is 1. The van der Waals surface area contributed by atoms with Gasteiger partial charge in [-0.05, 0) is 38.4 Å². The number of nitrogens with one attached hydrogen (secondary N) is 1. The van der Waals surface area contributed by atoms with Gasteiger partial charge in [0, 0.05) is 23.7 Å². The van der Waals surface area contributed by atoms with Gasteiger partial charge in [0.1, 0.15) is 5.01 Å². The van der Waals surface area contributed by atoms with Crippen LogP contribution in [-0.4, -0.2) is 18.1 Å². The second-order valence-electron chi connectivity index (χ2n) is 5.41. The SMILES string of the molecule is CNCc1nc(CN2c3ccccc3CCC2C)cs1. The van der Waals surface area contributed by atoms with Crippen molar-refractivity contribution < 1.29 is 0 Å². The van der Waals surface area contributed by atoms with Crippen molar-refractivity contribution in [2.45, 2.75) is 38.9 Å². The number of para-hydroxylation sites is 1. The summed E-state index contributed by atoms with van der Waals surface area (Å²) < 4.78 is 0. The Morgan fingerprint density at radius 2 is 2.25 bits per heavy atom. The second kappa shape index (κ2) is 5.94. The molecule has 1 atom stereocenters. The summed E-state index contributed by atoms with van der Waals surface area (Å²) in [7, 11) is 1.96. The van der Waals surface area contributed by atoms with Crippen molar-refractivity contribution >= 4 is 17.0 Å². The number of hydrogen-bond donors (Lipinski definition) is 1. The van der Waals surface area contributed by atoms with Gasteiger partial charge in [-0.15, -0.1) is 11.3 Å². The largest absolute Gasteiger partial charge is 0.363 e. The summed E-state index contributed by atoms with van der Waals surface area (Å²) in [5.74, 6) is 0. The molecule has 20 heavy (non-hydrogen) atoms. The van der Waals surface area contributed by atoms with E-state index in [9.17, 15) is 0 Å². The molecule has 2 heterocycles. The first kappa shape index (κ1) is 13.6. The number of thiazole rings is 1. The molecule has 0 radical (unpaired) electrons. The van der Waals surface area contributed by atoms with E-state index in [1.807, 2.05) is 7.05 Å². The van der Waals surface area contributed by atoms with Gasteiger partial charge < -0.3 is 10.2 Å². The lowest BCUT2D eigenvalue weighted by Crippen LogP contribution is -2.36. The third-order valence-electron chi connectivity index (χ3n) is 3.92. The van der Waals surface area contributed by atoms with Crippen LogP contribution in [0.1, 0.15) is 29.6 Å². The smallest absolute Gasteiger partial charge is 0.107 e. The van der Waals surface area contributed by atoms with Crippen molar-refractivity contribution in [1.29, 1.82) is 0 Å². The standard InChI is InChI=1S/C16H21N3S/c1-12-7-8-13-5-3-4-6-15(13)19(12)10-14-11-20-16(18-14)9-17-2/h3-6,11-12,17H,7-10H2,1-2H3. The summed E-state index contributed by atoms with van der Waals surface area (Å²) in [5.41, 5.74) is 4.04. The van der Waals surface area contributed by atoms with Gasteiger partial charge in [-0.25, -0.2) is 4.98 Å². The molecule has 0 bridgehead atoms. The molecule has 1 aliphatic rings. The molecule has 0 fully saturated rings. The Kier molecular flexibility index (Phi) is 4.03.